The molecule has 0 bridgehead atoms. The Morgan fingerprint density at radius 1 is 1.05 bits per heavy atom. The van der Waals surface area contributed by atoms with Crippen LogP contribution < -0.4 is 5.32 Å². The molecule has 20 heavy (non-hydrogen) atoms. The lowest BCUT2D eigenvalue weighted by atomic mass is 10.1. The van der Waals surface area contributed by atoms with Crippen LogP contribution in [0.15, 0.2) is 36.4 Å². The van der Waals surface area contributed by atoms with E-state index in [4.69, 9.17) is 22.1 Å². The molecule has 0 saturated carbocycles. The van der Waals surface area contributed by atoms with Crippen molar-refractivity contribution >= 4 is 17.3 Å². The predicted molar refractivity (Wildman–Crippen MR) is 74.6 cm³/mol. The number of hydrogen-bond acceptors (Lipinski definition) is 3. The van der Waals surface area contributed by atoms with Crippen LogP contribution in [0.4, 0.5) is 10.1 Å². The van der Waals surface area contributed by atoms with E-state index < -0.39 is 0 Å². The van der Waals surface area contributed by atoms with Gasteiger partial charge < -0.3 is 5.32 Å². The van der Waals surface area contributed by atoms with E-state index in [1.165, 1.54) is 12.1 Å². The molecule has 98 valence electrons. The fourth-order valence-electron chi connectivity index (χ4n) is 1.72. The quantitative estimate of drug-likeness (QED) is 0.932. The van der Waals surface area contributed by atoms with Crippen LogP contribution >= 0.6 is 11.6 Å². The van der Waals surface area contributed by atoms with Crippen LogP contribution in [0.3, 0.4) is 0 Å². The molecular weight excluding hydrogens is 277 g/mol. The first-order valence-corrected chi connectivity index (χ1v) is 6.14. The van der Waals surface area contributed by atoms with Crippen molar-refractivity contribution in [1.29, 1.82) is 10.5 Å². The maximum Gasteiger partial charge on any atom is 0.128 e. The predicted octanol–water partition coefficient (Wildman–Crippen LogP) is 3.83. The molecule has 2 aromatic carbocycles. The number of halogens is 2. The number of hydrogen-bond donors (Lipinski definition) is 1. The van der Waals surface area contributed by atoms with Crippen molar-refractivity contribution in [2.75, 3.05) is 5.32 Å². The van der Waals surface area contributed by atoms with Crippen LogP contribution in [0.1, 0.15) is 16.7 Å². The van der Waals surface area contributed by atoms with Gasteiger partial charge in [0, 0.05) is 22.8 Å². The Labute approximate surface area is 120 Å². The Kier molecular flexibility index (Phi) is 4.20. The number of nitriles is 2. The van der Waals surface area contributed by atoms with Gasteiger partial charge in [-0.3, -0.25) is 0 Å². The Bertz CT molecular complexity index is 729. The van der Waals surface area contributed by atoms with Crippen LogP contribution in [0.25, 0.3) is 0 Å². The van der Waals surface area contributed by atoms with Crippen molar-refractivity contribution in [2.24, 2.45) is 0 Å². The van der Waals surface area contributed by atoms with Crippen molar-refractivity contribution in [2.45, 2.75) is 6.54 Å². The fourth-order valence-corrected chi connectivity index (χ4v) is 1.91. The van der Waals surface area contributed by atoms with E-state index in [2.05, 4.69) is 5.32 Å². The molecule has 0 heterocycles. The third kappa shape index (κ3) is 3.06. The second kappa shape index (κ2) is 6.06. The minimum Gasteiger partial charge on any atom is -0.381 e. The molecule has 0 amide bonds. The monoisotopic (exact) mass is 285 g/mol. The van der Waals surface area contributed by atoms with Gasteiger partial charge in [-0.1, -0.05) is 11.6 Å². The second-order valence-corrected chi connectivity index (χ2v) is 4.51. The fraction of sp³-hybridized carbons (Fsp3) is 0.0667. The molecule has 0 radical (unpaired) electrons. The van der Waals surface area contributed by atoms with Gasteiger partial charge in [-0.15, -0.1) is 0 Å². The van der Waals surface area contributed by atoms with E-state index in [9.17, 15) is 4.39 Å². The molecule has 0 spiro atoms. The highest BCUT2D eigenvalue weighted by molar-refractivity contribution is 6.30. The van der Waals surface area contributed by atoms with Gasteiger partial charge in [0.25, 0.3) is 0 Å². The molecule has 0 atom stereocenters. The maximum atomic E-state index is 13.5. The minimum atomic E-state index is -0.351. The summed E-state index contributed by atoms with van der Waals surface area (Å²) in [5.41, 5.74) is 1.66. The first kappa shape index (κ1) is 13.9. The van der Waals surface area contributed by atoms with E-state index in [1.54, 1.807) is 24.3 Å². The molecule has 5 heteroatoms. The van der Waals surface area contributed by atoms with Gasteiger partial charge in [0.05, 0.1) is 11.1 Å². The van der Waals surface area contributed by atoms with Crippen molar-refractivity contribution in [1.82, 2.24) is 0 Å². The van der Waals surface area contributed by atoms with Crippen LogP contribution in [0.2, 0.25) is 5.02 Å². The van der Waals surface area contributed by atoms with Gasteiger partial charge in [0.15, 0.2) is 0 Å². The average Bonchev–Trinajstić information content (AvgIpc) is 2.47. The average molecular weight is 286 g/mol. The highest BCUT2D eigenvalue weighted by atomic mass is 35.5. The van der Waals surface area contributed by atoms with Crippen LogP contribution in [-0.2, 0) is 6.54 Å². The second-order valence-electron chi connectivity index (χ2n) is 4.07. The summed E-state index contributed by atoms with van der Waals surface area (Å²) in [7, 11) is 0. The highest BCUT2D eigenvalue weighted by Crippen LogP contribution is 2.18. The summed E-state index contributed by atoms with van der Waals surface area (Å²) in [4.78, 5) is 0. The molecule has 0 aliphatic carbocycles. The van der Waals surface area contributed by atoms with E-state index >= 15 is 0 Å². The molecule has 0 aromatic heterocycles. The molecule has 3 nitrogen and oxygen atoms in total. The molecule has 0 fully saturated rings. The Morgan fingerprint density at radius 3 is 2.50 bits per heavy atom. The van der Waals surface area contributed by atoms with Gasteiger partial charge in [0.1, 0.15) is 18.0 Å². The van der Waals surface area contributed by atoms with Crippen molar-refractivity contribution in [3.63, 3.8) is 0 Å². The third-order valence-corrected chi connectivity index (χ3v) is 2.99. The smallest absolute Gasteiger partial charge is 0.128 e. The van der Waals surface area contributed by atoms with E-state index in [0.717, 1.165) is 0 Å². The van der Waals surface area contributed by atoms with E-state index in [0.29, 0.717) is 21.8 Å². The lowest BCUT2D eigenvalue weighted by Crippen LogP contribution is -2.02. The summed E-state index contributed by atoms with van der Waals surface area (Å²) in [6.07, 6.45) is 0. The largest absolute Gasteiger partial charge is 0.381 e. The zero-order chi connectivity index (χ0) is 14.5. The molecule has 0 unspecified atom stereocenters. The SMILES string of the molecule is N#Cc1ccc(NCc2cc(Cl)ccc2F)cc1C#N. The van der Waals surface area contributed by atoms with Gasteiger partial charge in [-0.2, -0.15) is 10.5 Å². The van der Waals surface area contributed by atoms with Crippen LogP contribution in [0.5, 0.6) is 0 Å². The minimum absolute atomic E-state index is 0.239. The van der Waals surface area contributed by atoms with Crippen molar-refractivity contribution in [3.8, 4) is 12.1 Å². The van der Waals surface area contributed by atoms with Gasteiger partial charge in [-0.05, 0) is 36.4 Å². The zero-order valence-corrected chi connectivity index (χ0v) is 11.1. The van der Waals surface area contributed by atoms with Crippen molar-refractivity contribution in [3.05, 3.63) is 63.9 Å². The first-order valence-electron chi connectivity index (χ1n) is 5.76. The third-order valence-electron chi connectivity index (χ3n) is 2.75. The lowest BCUT2D eigenvalue weighted by Gasteiger charge is -2.08. The van der Waals surface area contributed by atoms with Gasteiger partial charge in [-0.25, -0.2) is 4.39 Å². The molecular formula is C15H9ClFN3. The van der Waals surface area contributed by atoms with E-state index in [1.807, 2.05) is 12.1 Å². The standard InChI is InChI=1S/C15H9ClFN3/c16-13-2-4-15(17)12(5-13)9-20-14-3-1-10(7-18)11(6-14)8-19/h1-6,20H,9H2. The highest BCUT2D eigenvalue weighted by Gasteiger charge is 2.05. The van der Waals surface area contributed by atoms with Crippen molar-refractivity contribution < 1.29 is 4.39 Å². The number of rotatable bonds is 3. The summed E-state index contributed by atoms with van der Waals surface area (Å²) in [5.74, 6) is -0.351. The Balaban J connectivity index is 2.18. The number of nitrogens with zero attached hydrogens (tertiary/aromatic N) is 2. The summed E-state index contributed by atoms with van der Waals surface area (Å²) in [5, 5.41) is 21.2. The molecule has 0 aliphatic rings. The summed E-state index contributed by atoms with van der Waals surface area (Å²) < 4.78 is 13.5. The Morgan fingerprint density at radius 2 is 1.80 bits per heavy atom. The molecule has 2 rings (SSSR count). The molecule has 0 aliphatic heterocycles. The molecule has 1 N–H and O–H groups in total. The van der Waals surface area contributed by atoms with Gasteiger partial charge in [0.2, 0.25) is 0 Å². The van der Waals surface area contributed by atoms with Crippen LogP contribution in [-0.4, -0.2) is 0 Å². The molecule has 0 saturated heterocycles. The first-order chi connectivity index (χ1) is 9.63. The summed E-state index contributed by atoms with van der Waals surface area (Å²) >= 11 is 5.81. The summed E-state index contributed by atoms with van der Waals surface area (Å²) in [6.45, 7) is 0.239. The van der Waals surface area contributed by atoms with E-state index in [-0.39, 0.29) is 17.9 Å². The molecule has 2 aromatic rings. The summed E-state index contributed by atoms with van der Waals surface area (Å²) in [6, 6.07) is 13.0. The topological polar surface area (TPSA) is 59.6 Å². The zero-order valence-electron chi connectivity index (χ0n) is 10.3. The lowest BCUT2D eigenvalue weighted by molar-refractivity contribution is 0.613. The number of benzene rings is 2. The Hall–Kier alpha value is -2.56. The number of nitrogens with one attached hydrogen (secondary N) is 1. The number of anilines is 1. The van der Waals surface area contributed by atoms with Crippen LogP contribution in [0, 0.1) is 28.5 Å². The normalized spacial score (nSPS) is 9.60. The van der Waals surface area contributed by atoms with Gasteiger partial charge >= 0.3 is 0 Å². The maximum absolute atomic E-state index is 13.5.